The van der Waals surface area contributed by atoms with Gasteiger partial charge in [0.2, 0.25) is 0 Å². The zero-order valence-electron chi connectivity index (χ0n) is 9.61. The second-order valence-corrected chi connectivity index (χ2v) is 3.71. The maximum Gasteiger partial charge on any atom is 0.127 e. The van der Waals surface area contributed by atoms with Crippen molar-refractivity contribution >= 4 is 6.08 Å². The Bertz CT molecular complexity index is 529. The van der Waals surface area contributed by atoms with Crippen LogP contribution in [-0.2, 0) is 0 Å². The smallest absolute Gasteiger partial charge is 0.127 e. The number of methoxy groups -OCH3 is 1. The molecule has 0 fully saturated rings. The number of hydrogen-bond acceptors (Lipinski definition) is 1. The average molecular weight is 228 g/mol. The molecule has 0 heterocycles. The Morgan fingerprint density at radius 3 is 2.35 bits per heavy atom. The molecule has 0 amide bonds. The SMILES string of the molecule is C=Cc1ccc(-c2cc(F)cc(OC)c2)cc1. The van der Waals surface area contributed by atoms with Crippen molar-refractivity contribution in [1.29, 1.82) is 0 Å². The molecule has 2 rings (SSSR count). The molecule has 0 saturated carbocycles. The van der Waals surface area contributed by atoms with Gasteiger partial charge in [-0.25, -0.2) is 4.39 Å². The fraction of sp³-hybridized carbons (Fsp3) is 0.0667. The molecule has 0 saturated heterocycles. The van der Waals surface area contributed by atoms with E-state index in [0.29, 0.717) is 5.75 Å². The summed E-state index contributed by atoms with van der Waals surface area (Å²) >= 11 is 0. The molecule has 0 atom stereocenters. The van der Waals surface area contributed by atoms with Gasteiger partial charge in [0.15, 0.2) is 0 Å². The summed E-state index contributed by atoms with van der Waals surface area (Å²) in [5.41, 5.74) is 2.79. The minimum absolute atomic E-state index is 0.299. The summed E-state index contributed by atoms with van der Waals surface area (Å²) in [5, 5.41) is 0. The first-order chi connectivity index (χ1) is 8.22. The van der Waals surface area contributed by atoms with Gasteiger partial charge < -0.3 is 4.74 Å². The van der Waals surface area contributed by atoms with Crippen LogP contribution in [-0.4, -0.2) is 7.11 Å². The normalized spacial score (nSPS) is 10.0. The largest absolute Gasteiger partial charge is 0.497 e. The molecule has 0 radical (unpaired) electrons. The molecule has 2 aromatic carbocycles. The minimum Gasteiger partial charge on any atom is -0.497 e. The number of ether oxygens (including phenoxy) is 1. The zero-order valence-corrected chi connectivity index (χ0v) is 9.61. The fourth-order valence-corrected chi connectivity index (χ4v) is 1.66. The van der Waals surface area contributed by atoms with E-state index >= 15 is 0 Å². The molecule has 0 aromatic heterocycles. The third-order valence-electron chi connectivity index (χ3n) is 2.59. The Morgan fingerprint density at radius 1 is 1.06 bits per heavy atom. The van der Waals surface area contributed by atoms with Gasteiger partial charge in [-0.1, -0.05) is 36.9 Å². The highest BCUT2D eigenvalue weighted by atomic mass is 19.1. The molecule has 0 bridgehead atoms. The molecular weight excluding hydrogens is 215 g/mol. The Kier molecular flexibility index (Phi) is 3.24. The van der Waals surface area contributed by atoms with Crippen LogP contribution in [0.1, 0.15) is 5.56 Å². The average Bonchev–Trinajstić information content (AvgIpc) is 2.38. The molecular formula is C15H13FO. The van der Waals surface area contributed by atoms with Crippen LogP contribution in [0.25, 0.3) is 17.2 Å². The van der Waals surface area contributed by atoms with E-state index < -0.39 is 0 Å². The Morgan fingerprint density at radius 2 is 1.76 bits per heavy atom. The van der Waals surface area contributed by atoms with Crippen molar-refractivity contribution in [2.45, 2.75) is 0 Å². The predicted octanol–water partition coefficient (Wildman–Crippen LogP) is 4.14. The van der Waals surface area contributed by atoms with Crippen LogP contribution >= 0.6 is 0 Å². The van der Waals surface area contributed by atoms with Gasteiger partial charge in [0, 0.05) is 6.07 Å². The van der Waals surface area contributed by atoms with E-state index in [9.17, 15) is 4.39 Å². The number of halogens is 1. The third-order valence-corrected chi connectivity index (χ3v) is 2.59. The molecule has 1 nitrogen and oxygen atoms in total. The van der Waals surface area contributed by atoms with Gasteiger partial charge in [0.05, 0.1) is 7.11 Å². The standard InChI is InChI=1S/C15H13FO/c1-3-11-4-6-12(7-5-11)13-8-14(16)10-15(9-13)17-2/h3-10H,1H2,2H3. The first-order valence-corrected chi connectivity index (χ1v) is 5.30. The molecule has 0 aliphatic heterocycles. The molecule has 0 N–H and O–H groups in total. The van der Waals surface area contributed by atoms with Crippen molar-refractivity contribution in [3.05, 3.63) is 60.4 Å². The monoisotopic (exact) mass is 228 g/mol. The highest BCUT2D eigenvalue weighted by molar-refractivity contribution is 5.67. The van der Waals surface area contributed by atoms with Gasteiger partial charge in [0.25, 0.3) is 0 Å². The summed E-state index contributed by atoms with van der Waals surface area (Å²) < 4.78 is 18.4. The number of hydrogen-bond donors (Lipinski definition) is 0. The van der Waals surface area contributed by atoms with Gasteiger partial charge in [-0.2, -0.15) is 0 Å². The van der Waals surface area contributed by atoms with Crippen molar-refractivity contribution in [3.8, 4) is 16.9 Å². The quantitative estimate of drug-likeness (QED) is 0.767. The van der Waals surface area contributed by atoms with Gasteiger partial charge in [-0.3, -0.25) is 0 Å². The van der Waals surface area contributed by atoms with Crippen LogP contribution in [0.15, 0.2) is 49.0 Å². The molecule has 0 spiro atoms. The van der Waals surface area contributed by atoms with Crippen molar-refractivity contribution in [2.24, 2.45) is 0 Å². The number of benzene rings is 2. The van der Waals surface area contributed by atoms with E-state index in [1.807, 2.05) is 30.3 Å². The van der Waals surface area contributed by atoms with Crippen LogP contribution < -0.4 is 4.74 Å². The van der Waals surface area contributed by atoms with Gasteiger partial charge in [-0.15, -0.1) is 0 Å². The van der Waals surface area contributed by atoms with Crippen LogP contribution in [0, 0.1) is 5.82 Å². The van der Waals surface area contributed by atoms with Crippen molar-refractivity contribution in [1.82, 2.24) is 0 Å². The minimum atomic E-state index is -0.299. The van der Waals surface area contributed by atoms with Crippen LogP contribution in [0.3, 0.4) is 0 Å². The predicted molar refractivity (Wildman–Crippen MR) is 68.5 cm³/mol. The lowest BCUT2D eigenvalue weighted by molar-refractivity contribution is 0.411. The Balaban J connectivity index is 2.44. The summed E-state index contributed by atoms with van der Waals surface area (Å²) in [6.45, 7) is 3.69. The van der Waals surface area contributed by atoms with Gasteiger partial charge in [0.1, 0.15) is 11.6 Å². The first-order valence-electron chi connectivity index (χ1n) is 5.30. The molecule has 0 unspecified atom stereocenters. The highest BCUT2D eigenvalue weighted by Crippen LogP contribution is 2.25. The van der Waals surface area contributed by atoms with Crippen molar-refractivity contribution in [2.75, 3.05) is 7.11 Å². The summed E-state index contributed by atoms with van der Waals surface area (Å²) in [7, 11) is 1.53. The Hall–Kier alpha value is -2.09. The van der Waals surface area contributed by atoms with E-state index in [4.69, 9.17) is 4.74 Å². The highest BCUT2D eigenvalue weighted by Gasteiger charge is 2.03. The molecule has 0 aliphatic rings. The Labute approximate surface area is 100 Å². The summed E-state index contributed by atoms with van der Waals surface area (Å²) in [4.78, 5) is 0. The summed E-state index contributed by atoms with van der Waals surface area (Å²) in [5.74, 6) is 0.222. The maximum absolute atomic E-state index is 13.3. The maximum atomic E-state index is 13.3. The van der Waals surface area contributed by atoms with Gasteiger partial charge in [-0.05, 0) is 28.8 Å². The van der Waals surface area contributed by atoms with E-state index in [1.54, 1.807) is 6.08 Å². The fourth-order valence-electron chi connectivity index (χ4n) is 1.66. The molecule has 17 heavy (non-hydrogen) atoms. The van der Waals surface area contributed by atoms with Crippen LogP contribution in [0.5, 0.6) is 5.75 Å². The van der Waals surface area contributed by atoms with E-state index in [2.05, 4.69) is 6.58 Å². The van der Waals surface area contributed by atoms with E-state index in [1.165, 1.54) is 19.2 Å². The second-order valence-electron chi connectivity index (χ2n) is 3.71. The van der Waals surface area contributed by atoms with Crippen LogP contribution in [0.2, 0.25) is 0 Å². The molecule has 0 aliphatic carbocycles. The van der Waals surface area contributed by atoms with Crippen LogP contribution in [0.4, 0.5) is 4.39 Å². The molecule has 2 heteroatoms. The van der Waals surface area contributed by atoms with Crippen molar-refractivity contribution in [3.63, 3.8) is 0 Å². The summed E-state index contributed by atoms with van der Waals surface area (Å²) in [6.07, 6.45) is 1.77. The van der Waals surface area contributed by atoms with Crippen molar-refractivity contribution < 1.29 is 9.13 Å². The topological polar surface area (TPSA) is 9.23 Å². The lowest BCUT2D eigenvalue weighted by atomic mass is 10.0. The zero-order chi connectivity index (χ0) is 12.3. The van der Waals surface area contributed by atoms with Gasteiger partial charge >= 0.3 is 0 Å². The number of rotatable bonds is 3. The van der Waals surface area contributed by atoms with E-state index in [0.717, 1.165) is 16.7 Å². The molecule has 2 aromatic rings. The summed E-state index contributed by atoms with van der Waals surface area (Å²) in [6, 6.07) is 12.4. The molecule has 86 valence electrons. The third kappa shape index (κ3) is 2.53. The first kappa shape index (κ1) is 11.4. The second kappa shape index (κ2) is 4.83. The van der Waals surface area contributed by atoms with E-state index in [-0.39, 0.29) is 5.82 Å². The lowest BCUT2D eigenvalue weighted by Gasteiger charge is -2.06. The lowest BCUT2D eigenvalue weighted by Crippen LogP contribution is -1.87.